The maximum Gasteiger partial charge on any atom is 0.251 e. The van der Waals surface area contributed by atoms with Crippen molar-refractivity contribution in [1.29, 1.82) is 0 Å². The molecule has 0 unspecified atom stereocenters. The minimum Gasteiger partial charge on any atom is -0.351 e. The second kappa shape index (κ2) is 8.44. The van der Waals surface area contributed by atoms with Crippen LogP contribution in [-0.2, 0) is 4.79 Å². The van der Waals surface area contributed by atoms with Crippen LogP contribution in [0.15, 0.2) is 48.5 Å². The molecule has 2 aromatic carbocycles. The van der Waals surface area contributed by atoms with Crippen LogP contribution in [0.1, 0.15) is 28.8 Å². The van der Waals surface area contributed by atoms with E-state index >= 15 is 0 Å². The lowest BCUT2D eigenvalue weighted by Crippen LogP contribution is -2.57. The van der Waals surface area contributed by atoms with Crippen molar-refractivity contribution in [3.63, 3.8) is 0 Å². The highest BCUT2D eigenvalue weighted by molar-refractivity contribution is 5.94. The Bertz CT molecular complexity index is 923. The van der Waals surface area contributed by atoms with Gasteiger partial charge in [0.1, 0.15) is 11.4 Å². The number of rotatable bonds is 5. The van der Waals surface area contributed by atoms with Crippen molar-refractivity contribution in [2.75, 3.05) is 37.7 Å². The number of nitrogens with one attached hydrogen (secondary N) is 2. The summed E-state index contributed by atoms with van der Waals surface area (Å²) in [5, 5.41) is 5.93. The Balaban J connectivity index is 1.32. The van der Waals surface area contributed by atoms with E-state index < -0.39 is 5.54 Å². The Morgan fingerprint density at radius 1 is 1.17 bits per heavy atom. The molecule has 2 fully saturated rings. The summed E-state index contributed by atoms with van der Waals surface area (Å²) in [4.78, 5) is 29.3. The largest absolute Gasteiger partial charge is 0.351 e. The number of benzene rings is 2. The Labute approximate surface area is 176 Å². The summed E-state index contributed by atoms with van der Waals surface area (Å²) in [6, 6.07) is 13.9. The number of carbonyl (C=O) groups excluding carboxylic acids is 2. The number of aryl methyl sites for hydroxylation is 1. The fraction of sp³-hybridized carbons (Fsp3) is 0.391. The molecule has 2 aliphatic heterocycles. The predicted octanol–water partition coefficient (Wildman–Crippen LogP) is 2.29. The zero-order valence-electron chi connectivity index (χ0n) is 17.2. The van der Waals surface area contributed by atoms with E-state index in [1.54, 1.807) is 12.1 Å². The zero-order valence-corrected chi connectivity index (χ0v) is 17.2. The molecular weight excluding hydrogens is 383 g/mol. The van der Waals surface area contributed by atoms with E-state index in [9.17, 15) is 14.0 Å². The molecule has 158 valence electrons. The summed E-state index contributed by atoms with van der Waals surface area (Å²) >= 11 is 0. The van der Waals surface area contributed by atoms with Gasteiger partial charge in [-0.25, -0.2) is 4.39 Å². The van der Waals surface area contributed by atoms with E-state index in [0.717, 1.165) is 30.9 Å². The van der Waals surface area contributed by atoms with Gasteiger partial charge in [0.05, 0.1) is 6.67 Å². The summed E-state index contributed by atoms with van der Waals surface area (Å²) in [6.45, 7) is 5.25. The second-order valence-corrected chi connectivity index (χ2v) is 8.07. The molecule has 7 heteroatoms. The van der Waals surface area contributed by atoms with Crippen molar-refractivity contribution < 1.29 is 14.0 Å². The van der Waals surface area contributed by atoms with Crippen molar-refractivity contribution in [1.82, 2.24) is 15.5 Å². The van der Waals surface area contributed by atoms with Crippen molar-refractivity contribution in [3.8, 4) is 0 Å². The van der Waals surface area contributed by atoms with Crippen LogP contribution in [0, 0.1) is 12.7 Å². The minimum absolute atomic E-state index is 0.0409. The second-order valence-electron chi connectivity index (χ2n) is 8.07. The predicted molar refractivity (Wildman–Crippen MR) is 114 cm³/mol. The van der Waals surface area contributed by atoms with Gasteiger partial charge in [-0.1, -0.05) is 17.7 Å². The number of halogens is 1. The number of hydrogen-bond donors (Lipinski definition) is 2. The molecule has 4 rings (SSSR count). The quantitative estimate of drug-likeness (QED) is 0.794. The van der Waals surface area contributed by atoms with E-state index in [-0.39, 0.29) is 17.6 Å². The van der Waals surface area contributed by atoms with Crippen molar-refractivity contribution >= 4 is 17.5 Å². The maximum atomic E-state index is 13.3. The van der Waals surface area contributed by atoms with E-state index in [4.69, 9.17) is 0 Å². The van der Waals surface area contributed by atoms with E-state index in [1.807, 2.05) is 31.2 Å². The molecule has 0 aromatic heterocycles. The van der Waals surface area contributed by atoms with Crippen LogP contribution in [-0.4, -0.2) is 55.1 Å². The summed E-state index contributed by atoms with van der Waals surface area (Å²) in [5.74, 6) is -0.308. The van der Waals surface area contributed by atoms with Gasteiger partial charge in [-0.2, -0.15) is 0 Å². The number of anilines is 1. The lowest BCUT2D eigenvalue weighted by atomic mass is 9.85. The van der Waals surface area contributed by atoms with E-state index in [1.165, 1.54) is 12.1 Å². The van der Waals surface area contributed by atoms with Gasteiger partial charge in [0.2, 0.25) is 5.91 Å². The highest BCUT2D eigenvalue weighted by Gasteiger charge is 2.50. The fourth-order valence-corrected chi connectivity index (χ4v) is 4.41. The third kappa shape index (κ3) is 4.03. The molecule has 0 atom stereocenters. The third-order valence-electron chi connectivity index (χ3n) is 6.15. The first-order chi connectivity index (χ1) is 14.5. The van der Waals surface area contributed by atoms with Crippen LogP contribution < -0.4 is 15.5 Å². The lowest BCUT2D eigenvalue weighted by Gasteiger charge is -2.43. The molecule has 2 saturated heterocycles. The summed E-state index contributed by atoms with van der Waals surface area (Å²) < 4.78 is 13.3. The van der Waals surface area contributed by atoms with Crippen LogP contribution in [0.3, 0.4) is 0 Å². The first-order valence-corrected chi connectivity index (χ1v) is 10.4. The Hall–Kier alpha value is -2.93. The standard InChI is InChI=1S/C23H27FN4O2/c1-17-3-2-4-18(15-17)21(29)25-11-14-27-12-9-23(10-13-27)22(30)26-16-28(23)20-7-5-19(24)6-8-20/h2-8,15H,9-14,16H2,1H3,(H,25,29)(H,26,30). The van der Waals surface area contributed by atoms with E-state index in [2.05, 4.69) is 20.4 Å². The SMILES string of the molecule is Cc1cccc(C(=O)NCCN2CCC3(CC2)C(=O)NCN3c2ccc(F)cc2)c1. The summed E-state index contributed by atoms with van der Waals surface area (Å²) in [7, 11) is 0. The number of nitrogens with zero attached hydrogens (tertiary/aromatic N) is 2. The molecule has 2 amide bonds. The molecule has 0 radical (unpaired) electrons. The molecular formula is C23H27FN4O2. The van der Waals surface area contributed by atoms with Crippen molar-refractivity contribution in [2.45, 2.75) is 25.3 Å². The van der Waals surface area contributed by atoms with Gasteiger partial charge in [0, 0.05) is 37.4 Å². The molecule has 6 nitrogen and oxygen atoms in total. The number of piperidine rings is 1. The van der Waals surface area contributed by atoms with Crippen LogP contribution in [0.25, 0.3) is 0 Å². The van der Waals surface area contributed by atoms with Crippen LogP contribution in [0.4, 0.5) is 10.1 Å². The average molecular weight is 410 g/mol. The molecule has 2 aromatic rings. The van der Waals surface area contributed by atoms with Gasteiger partial charge in [-0.15, -0.1) is 0 Å². The fourth-order valence-electron chi connectivity index (χ4n) is 4.41. The molecule has 2 N–H and O–H groups in total. The molecule has 30 heavy (non-hydrogen) atoms. The number of hydrogen-bond acceptors (Lipinski definition) is 4. The Morgan fingerprint density at radius 2 is 1.90 bits per heavy atom. The Morgan fingerprint density at radius 3 is 2.60 bits per heavy atom. The smallest absolute Gasteiger partial charge is 0.251 e. The maximum absolute atomic E-state index is 13.3. The molecule has 0 aliphatic carbocycles. The number of carbonyl (C=O) groups is 2. The van der Waals surface area contributed by atoms with Gasteiger partial charge < -0.3 is 20.4 Å². The lowest BCUT2D eigenvalue weighted by molar-refractivity contribution is -0.125. The highest BCUT2D eigenvalue weighted by Crippen LogP contribution is 2.36. The molecule has 2 aliphatic rings. The molecule has 0 saturated carbocycles. The highest BCUT2D eigenvalue weighted by atomic mass is 19.1. The van der Waals surface area contributed by atoms with Gasteiger partial charge in [-0.05, 0) is 56.2 Å². The minimum atomic E-state index is -0.584. The average Bonchev–Trinajstić information content (AvgIpc) is 3.06. The van der Waals surface area contributed by atoms with Crippen LogP contribution in [0.5, 0.6) is 0 Å². The van der Waals surface area contributed by atoms with Crippen LogP contribution in [0.2, 0.25) is 0 Å². The van der Waals surface area contributed by atoms with Crippen LogP contribution >= 0.6 is 0 Å². The summed E-state index contributed by atoms with van der Waals surface area (Å²) in [5.41, 5.74) is 2.00. The topological polar surface area (TPSA) is 64.7 Å². The first-order valence-electron chi connectivity index (χ1n) is 10.4. The first kappa shape index (κ1) is 20.3. The van der Waals surface area contributed by atoms with E-state index in [0.29, 0.717) is 31.6 Å². The third-order valence-corrected chi connectivity index (χ3v) is 6.15. The van der Waals surface area contributed by atoms with Gasteiger partial charge in [0.15, 0.2) is 0 Å². The molecule has 0 bridgehead atoms. The number of likely N-dealkylation sites (tertiary alicyclic amines) is 1. The molecule has 1 spiro atoms. The number of amides is 2. The van der Waals surface area contributed by atoms with Gasteiger partial charge >= 0.3 is 0 Å². The Kier molecular flexibility index (Phi) is 5.72. The van der Waals surface area contributed by atoms with Gasteiger partial charge in [0.25, 0.3) is 5.91 Å². The zero-order chi connectivity index (χ0) is 21.1. The van der Waals surface area contributed by atoms with Gasteiger partial charge in [-0.3, -0.25) is 9.59 Å². The molecule has 2 heterocycles. The monoisotopic (exact) mass is 410 g/mol. The summed E-state index contributed by atoms with van der Waals surface area (Å²) in [6.07, 6.45) is 1.39. The van der Waals surface area contributed by atoms with Crippen molar-refractivity contribution in [3.05, 3.63) is 65.5 Å². The van der Waals surface area contributed by atoms with Crippen molar-refractivity contribution in [2.24, 2.45) is 0 Å². The normalized spacial score (nSPS) is 18.5.